The second-order valence-electron chi connectivity index (χ2n) is 6.37. The minimum Gasteiger partial charge on any atom is -0.410 e. The molecule has 6 heteroatoms. The van der Waals surface area contributed by atoms with Gasteiger partial charge in [0.05, 0.1) is 5.41 Å². The van der Waals surface area contributed by atoms with E-state index in [4.69, 9.17) is 4.74 Å². The van der Waals surface area contributed by atoms with Gasteiger partial charge >= 0.3 is 6.09 Å². The van der Waals surface area contributed by atoms with Gasteiger partial charge in [-0.2, -0.15) is 0 Å². The minimum atomic E-state index is -0.343. The molecule has 23 heavy (non-hydrogen) atoms. The number of hydrogen-bond acceptors (Lipinski definition) is 3. The fourth-order valence-electron chi connectivity index (χ4n) is 3.57. The fraction of sp³-hybridized carbons (Fsp3) is 0.412. The molecule has 0 saturated carbocycles. The largest absolute Gasteiger partial charge is 0.415 e. The molecule has 120 valence electrons. The van der Waals surface area contributed by atoms with E-state index in [9.17, 15) is 9.59 Å². The van der Waals surface area contributed by atoms with Crippen molar-refractivity contribution in [2.75, 3.05) is 19.6 Å². The van der Waals surface area contributed by atoms with Crippen molar-refractivity contribution in [3.8, 4) is 5.75 Å². The summed E-state index contributed by atoms with van der Waals surface area (Å²) in [6.45, 7) is 1.88. The van der Waals surface area contributed by atoms with Crippen molar-refractivity contribution in [2.24, 2.45) is 5.41 Å². The number of piperidine rings is 1. The monoisotopic (exact) mass is 313 g/mol. The van der Waals surface area contributed by atoms with Crippen LogP contribution < -0.4 is 10.1 Å². The second kappa shape index (κ2) is 5.30. The van der Waals surface area contributed by atoms with Gasteiger partial charge in [0.25, 0.3) is 0 Å². The van der Waals surface area contributed by atoms with E-state index in [0.717, 1.165) is 23.9 Å². The molecule has 1 aromatic heterocycles. The van der Waals surface area contributed by atoms with E-state index in [2.05, 4.69) is 10.3 Å². The molecule has 0 aliphatic carbocycles. The van der Waals surface area contributed by atoms with Crippen LogP contribution in [-0.2, 0) is 4.79 Å². The molecule has 4 rings (SSSR count). The zero-order valence-electron chi connectivity index (χ0n) is 12.8. The van der Waals surface area contributed by atoms with Gasteiger partial charge in [-0.15, -0.1) is 0 Å². The van der Waals surface area contributed by atoms with Crippen LogP contribution in [0.3, 0.4) is 0 Å². The number of H-pyrrole nitrogens is 1. The van der Waals surface area contributed by atoms with Gasteiger partial charge in [-0.3, -0.25) is 4.79 Å². The van der Waals surface area contributed by atoms with Crippen molar-refractivity contribution >= 4 is 22.9 Å². The highest BCUT2D eigenvalue weighted by atomic mass is 16.6. The van der Waals surface area contributed by atoms with Gasteiger partial charge in [0, 0.05) is 37.4 Å². The van der Waals surface area contributed by atoms with Crippen LogP contribution in [0.1, 0.15) is 19.3 Å². The van der Waals surface area contributed by atoms with E-state index in [0.29, 0.717) is 31.7 Å². The molecule has 2 aromatic rings. The Balaban J connectivity index is 1.41. The lowest BCUT2D eigenvalue weighted by atomic mass is 9.77. The highest BCUT2D eigenvalue weighted by Gasteiger charge is 2.45. The Morgan fingerprint density at radius 3 is 2.74 bits per heavy atom. The highest BCUT2D eigenvalue weighted by molar-refractivity contribution is 5.85. The van der Waals surface area contributed by atoms with Crippen LogP contribution in [0.15, 0.2) is 30.5 Å². The van der Waals surface area contributed by atoms with E-state index < -0.39 is 0 Å². The van der Waals surface area contributed by atoms with Gasteiger partial charge in [0.15, 0.2) is 0 Å². The molecule has 2 aliphatic rings. The van der Waals surface area contributed by atoms with Crippen molar-refractivity contribution in [3.05, 3.63) is 30.5 Å². The number of likely N-dealkylation sites (tertiary alicyclic amines) is 1. The molecule has 3 heterocycles. The maximum absolute atomic E-state index is 12.3. The summed E-state index contributed by atoms with van der Waals surface area (Å²) in [5.74, 6) is 0.673. The summed E-state index contributed by atoms with van der Waals surface area (Å²) in [6.07, 6.45) is 3.81. The molecule has 0 radical (unpaired) electrons. The van der Waals surface area contributed by atoms with Crippen molar-refractivity contribution in [3.63, 3.8) is 0 Å². The summed E-state index contributed by atoms with van der Waals surface area (Å²) in [6, 6.07) is 7.51. The van der Waals surface area contributed by atoms with Gasteiger partial charge in [0.1, 0.15) is 5.75 Å². The number of aromatic amines is 1. The zero-order valence-corrected chi connectivity index (χ0v) is 12.8. The number of carbonyl (C=O) groups excluding carboxylic acids is 2. The number of carbonyl (C=O) groups is 2. The fourth-order valence-corrected chi connectivity index (χ4v) is 3.57. The van der Waals surface area contributed by atoms with Crippen LogP contribution in [-0.4, -0.2) is 41.5 Å². The van der Waals surface area contributed by atoms with E-state index >= 15 is 0 Å². The number of benzene rings is 1. The quantitative estimate of drug-likeness (QED) is 0.848. The Labute approximate surface area is 133 Å². The number of fused-ring (bicyclic) bond motifs is 1. The molecular weight excluding hydrogens is 294 g/mol. The normalized spacial score (nSPS) is 20.0. The Morgan fingerprint density at radius 1 is 1.17 bits per heavy atom. The zero-order chi connectivity index (χ0) is 15.9. The Bertz CT molecular complexity index is 759. The maximum atomic E-state index is 12.3. The summed E-state index contributed by atoms with van der Waals surface area (Å²) >= 11 is 0. The molecule has 1 aromatic carbocycles. The summed E-state index contributed by atoms with van der Waals surface area (Å²) < 4.78 is 5.48. The molecule has 0 unspecified atom stereocenters. The SMILES string of the molecule is O=C(Oc1ccc2cc[nH]c2c1)N1CCC2(CCNC2=O)CC1. The highest BCUT2D eigenvalue weighted by Crippen LogP contribution is 2.38. The smallest absolute Gasteiger partial charge is 0.410 e. The molecule has 0 atom stereocenters. The van der Waals surface area contributed by atoms with E-state index in [1.807, 2.05) is 24.4 Å². The lowest BCUT2D eigenvalue weighted by molar-refractivity contribution is -0.129. The standard InChI is InChI=1S/C17H19N3O3/c21-15-17(4-8-19-15)5-9-20(10-6-17)16(22)23-13-2-1-12-3-7-18-14(12)11-13/h1-3,7,11,18H,4-6,8-10H2,(H,19,21). The Kier molecular flexibility index (Phi) is 3.25. The molecule has 2 amide bonds. The van der Waals surface area contributed by atoms with Crippen LogP contribution in [0, 0.1) is 5.41 Å². The number of ether oxygens (including phenoxy) is 1. The number of nitrogens with one attached hydrogen (secondary N) is 2. The first-order valence-corrected chi connectivity index (χ1v) is 7.99. The van der Waals surface area contributed by atoms with E-state index in [1.54, 1.807) is 11.0 Å². The lowest BCUT2D eigenvalue weighted by Crippen LogP contribution is -2.46. The van der Waals surface area contributed by atoms with Crippen LogP contribution in [0.4, 0.5) is 4.79 Å². The van der Waals surface area contributed by atoms with Gasteiger partial charge in [-0.1, -0.05) is 0 Å². The average molecular weight is 313 g/mol. The van der Waals surface area contributed by atoms with Crippen molar-refractivity contribution in [2.45, 2.75) is 19.3 Å². The number of aromatic nitrogens is 1. The van der Waals surface area contributed by atoms with Crippen LogP contribution in [0.5, 0.6) is 5.75 Å². The molecule has 2 N–H and O–H groups in total. The summed E-state index contributed by atoms with van der Waals surface area (Å²) in [5, 5.41) is 3.98. The first-order chi connectivity index (χ1) is 11.2. The summed E-state index contributed by atoms with van der Waals surface area (Å²) in [5.41, 5.74) is 0.676. The number of amides is 2. The average Bonchev–Trinajstić information content (AvgIpc) is 3.15. The van der Waals surface area contributed by atoms with Crippen molar-refractivity contribution < 1.29 is 14.3 Å². The molecule has 1 spiro atoms. The van der Waals surface area contributed by atoms with Gasteiger partial charge < -0.3 is 19.9 Å². The summed E-state index contributed by atoms with van der Waals surface area (Å²) in [7, 11) is 0. The van der Waals surface area contributed by atoms with Gasteiger partial charge in [-0.25, -0.2) is 4.79 Å². The third-order valence-electron chi connectivity index (χ3n) is 5.08. The van der Waals surface area contributed by atoms with Gasteiger partial charge in [0.2, 0.25) is 5.91 Å². The molecule has 2 fully saturated rings. The number of hydrogen-bond donors (Lipinski definition) is 2. The van der Waals surface area contributed by atoms with Crippen LogP contribution in [0.25, 0.3) is 10.9 Å². The van der Waals surface area contributed by atoms with Crippen LogP contribution >= 0.6 is 0 Å². The van der Waals surface area contributed by atoms with Crippen molar-refractivity contribution in [1.29, 1.82) is 0 Å². The number of nitrogens with zero attached hydrogens (tertiary/aromatic N) is 1. The minimum absolute atomic E-state index is 0.141. The predicted molar refractivity (Wildman–Crippen MR) is 85.2 cm³/mol. The topological polar surface area (TPSA) is 74.4 Å². The van der Waals surface area contributed by atoms with E-state index in [1.165, 1.54) is 0 Å². The van der Waals surface area contributed by atoms with Crippen LogP contribution in [0.2, 0.25) is 0 Å². The van der Waals surface area contributed by atoms with Crippen molar-refractivity contribution in [1.82, 2.24) is 15.2 Å². The molecule has 6 nitrogen and oxygen atoms in total. The maximum Gasteiger partial charge on any atom is 0.415 e. The Morgan fingerprint density at radius 2 is 2.00 bits per heavy atom. The first-order valence-electron chi connectivity index (χ1n) is 7.99. The molecule has 0 bridgehead atoms. The Hall–Kier alpha value is -2.50. The number of rotatable bonds is 1. The third-order valence-corrected chi connectivity index (χ3v) is 5.08. The van der Waals surface area contributed by atoms with E-state index in [-0.39, 0.29) is 17.4 Å². The lowest BCUT2D eigenvalue weighted by Gasteiger charge is -2.36. The molecule has 2 aliphatic heterocycles. The first kappa shape index (κ1) is 14.1. The van der Waals surface area contributed by atoms with Gasteiger partial charge in [-0.05, 0) is 42.8 Å². The third kappa shape index (κ3) is 2.44. The summed E-state index contributed by atoms with van der Waals surface area (Å²) in [4.78, 5) is 29.1. The predicted octanol–water partition coefficient (Wildman–Crippen LogP) is 2.27. The molecule has 2 saturated heterocycles. The second-order valence-corrected chi connectivity index (χ2v) is 6.37. The molecular formula is C17H19N3O3.